The van der Waals surface area contributed by atoms with Crippen LogP contribution >= 0.6 is 23.2 Å². The standard InChI is InChI=1S/C11H10Cl2N4O/c1-6-8(12)9(17(2)16-6)11(18)15-7-4-3-5-14-10(7)13/h3-5H,1-2H3,(H,15,18). The first-order valence-electron chi connectivity index (χ1n) is 5.11. The molecule has 0 fully saturated rings. The van der Waals surface area contributed by atoms with Gasteiger partial charge in [-0.3, -0.25) is 9.48 Å². The molecule has 7 heteroatoms. The van der Waals surface area contributed by atoms with Crippen LogP contribution in [-0.2, 0) is 7.05 Å². The van der Waals surface area contributed by atoms with Crippen LogP contribution in [0.25, 0.3) is 0 Å². The molecule has 94 valence electrons. The van der Waals surface area contributed by atoms with Crippen LogP contribution in [0.1, 0.15) is 16.2 Å². The number of nitrogens with zero attached hydrogens (tertiary/aromatic N) is 3. The summed E-state index contributed by atoms with van der Waals surface area (Å²) in [6.07, 6.45) is 1.54. The average Bonchev–Trinajstić information content (AvgIpc) is 2.56. The summed E-state index contributed by atoms with van der Waals surface area (Å²) in [6.45, 7) is 1.73. The summed E-state index contributed by atoms with van der Waals surface area (Å²) in [7, 11) is 1.65. The van der Waals surface area contributed by atoms with Gasteiger partial charge in [0.1, 0.15) is 5.69 Å². The van der Waals surface area contributed by atoms with E-state index in [1.165, 1.54) is 4.68 Å². The van der Waals surface area contributed by atoms with Crippen molar-refractivity contribution in [3.63, 3.8) is 0 Å². The van der Waals surface area contributed by atoms with E-state index in [0.29, 0.717) is 16.4 Å². The minimum absolute atomic E-state index is 0.223. The quantitative estimate of drug-likeness (QED) is 0.863. The molecule has 5 nitrogen and oxygen atoms in total. The largest absolute Gasteiger partial charge is 0.318 e. The van der Waals surface area contributed by atoms with Crippen molar-refractivity contribution in [1.29, 1.82) is 0 Å². The van der Waals surface area contributed by atoms with E-state index in [1.54, 1.807) is 32.3 Å². The van der Waals surface area contributed by atoms with Gasteiger partial charge in [0.25, 0.3) is 5.91 Å². The molecular formula is C11H10Cl2N4O. The van der Waals surface area contributed by atoms with Crippen LogP contribution in [0.3, 0.4) is 0 Å². The lowest BCUT2D eigenvalue weighted by Crippen LogP contribution is -2.17. The Hall–Kier alpha value is -1.59. The molecule has 0 aliphatic carbocycles. The Morgan fingerprint density at radius 2 is 2.17 bits per heavy atom. The predicted molar refractivity (Wildman–Crippen MR) is 70.2 cm³/mol. The van der Waals surface area contributed by atoms with Crippen LogP contribution in [0.2, 0.25) is 10.2 Å². The van der Waals surface area contributed by atoms with Gasteiger partial charge in [-0.25, -0.2) is 4.98 Å². The summed E-state index contributed by atoms with van der Waals surface area (Å²) in [5, 5.41) is 7.27. The average molecular weight is 285 g/mol. The number of hydrogen-bond donors (Lipinski definition) is 1. The number of halogens is 2. The molecule has 2 aromatic heterocycles. The first-order valence-corrected chi connectivity index (χ1v) is 5.87. The Morgan fingerprint density at radius 3 is 2.72 bits per heavy atom. The second-order valence-electron chi connectivity index (χ2n) is 3.67. The molecule has 0 aliphatic rings. The van der Waals surface area contributed by atoms with Gasteiger partial charge >= 0.3 is 0 Å². The molecule has 0 saturated carbocycles. The van der Waals surface area contributed by atoms with Gasteiger partial charge in [-0.05, 0) is 19.1 Å². The van der Waals surface area contributed by atoms with Crippen LogP contribution in [0.5, 0.6) is 0 Å². The summed E-state index contributed by atoms with van der Waals surface area (Å²) in [6, 6.07) is 3.34. The topological polar surface area (TPSA) is 59.8 Å². The van der Waals surface area contributed by atoms with Crippen molar-refractivity contribution >= 4 is 34.8 Å². The molecule has 2 rings (SSSR count). The summed E-state index contributed by atoms with van der Waals surface area (Å²) < 4.78 is 1.43. The third-order valence-electron chi connectivity index (χ3n) is 2.37. The number of nitrogens with one attached hydrogen (secondary N) is 1. The van der Waals surface area contributed by atoms with Crippen molar-refractivity contribution in [2.45, 2.75) is 6.92 Å². The van der Waals surface area contributed by atoms with E-state index in [0.717, 1.165) is 0 Å². The SMILES string of the molecule is Cc1nn(C)c(C(=O)Nc2cccnc2Cl)c1Cl. The number of carbonyl (C=O) groups excluding carboxylic acids is 1. The van der Waals surface area contributed by atoms with Gasteiger partial charge in [0, 0.05) is 13.2 Å². The minimum atomic E-state index is -0.377. The summed E-state index contributed by atoms with van der Waals surface area (Å²) in [5.74, 6) is -0.377. The highest BCUT2D eigenvalue weighted by Gasteiger charge is 2.19. The second-order valence-corrected chi connectivity index (χ2v) is 4.40. The molecule has 0 atom stereocenters. The fraction of sp³-hybridized carbons (Fsp3) is 0.182. The number of aryl methyl sites for hydroxylation is 2. The first kappa shape index (κ1) is 12.9. The van der Waals surface area contributed by atoms with E-state index >= 15 is 0 Å². The molecule has 18 heavy (non-hydrogen) atoms. The molecular weight excluding hydrogens is 275 g/mol. The monoisotopic (exact) mass is 284 g/mol. The van der Waals surface area contributed by atoms with Crippen molar-refractivity contribution in [2.75, 3.05) is 5.32 Å². The smallest absolute Gasteiger partial charge is 0.275 e. The van der Waals surface area contributed by atoms with Gasteiger partial charge in [-0.15, -0.1) is 0 Å². The van der Waals surface area contributed by atoms with Crippen molar-refractivity contribution < 1.29 is 4.79 Å². The number of rotatable bonds is 2. The minimum Gasteiger partial charge on any atom is -0.318 e. The number of hydrogen-bond acceptors (Lipinski definition) is 3. The van der Waals surface area contributed by atoms with Crippen LogP contribution in [-0.4, -0.2) is 20.7 Å². The lowest BCUT2D eigenvalue weighted by Gasteiger charge is -2.06. The van der Waals surface area contributed by atoms with Gasteiger partial charge in [0.05, 0.1) is 16.4 Å². The highest BCUT2D eigenvalue weighted by atomic mass is 35.5. The number of anilines is 1. The first-order chi connectivity index (χ1) is 8.50. The van der Waals surface area contributed by atoms with E-state index in [9.17, 15) is 4.79 Å². The van der Waals surface area contributed by atoms with Crippen LogP contribution in [0.15, 0.2) is 18.3 Å². The maximum absolute atomic E-state index is 12.1. The molecule has 0 bridgehead atoms. The van der Waals surface area contributed by atoms with E-state index in [4.69, 9.17) is 23.2 Å². The number of amides is 1. The number of aromatic nitrogens is 3. The zero-order valence-electron chi connectivity index (χ0n) is 9.74. The van der Waals surface area contributed by atoms with Crippen LogP contribution < -0.4 is 5.32 Å². The van der Waals surface area contributed by atoms with Crippen molar-refractivity contribution in [3.05, 3.63) is 39.9 Å². The van der Waals surface area contributed by atoms with Gasteiger partial charge in [-0.2, -0.15) is 5.10 Å². The molecule has 0 unspecified atom stereocenters. The Labute approximate surface area is 114 Å². The Balaban J connectivity index is 2.31. The molecule has 2 aromatic rings. The highest BCUT2D eigenvalue weighted by molar-refractivity contribution is 6.35. The maximum atomic E-state index is 12.1. The van der Waals surface area contributed by atoms with E-state index < -0.39 is 0 Å². The lowest BCUT2D eigenvalue weighted by molar-refractivity contribution is 0.101. The Morgan fingerprint density at radius 1 is 1.44 bits per heavy atom. The predicted octanol–water partition coefficient (Wildman–Crippen LogP) is 2.68. The Bertz CT molecular complexity index is 609. The molecule has 0 saturated heterocycles. The fourth-order valence-corrected chi connectivity index (χ4v) is 1.95. The zero-order chi connectivity index (χ0) is 13.3. The summed E-state index contributed by atoms with van der Waals surface area (Å²) in [5.41, 5.74) is 1.31. The molecule has 0 radical (unpaired) electrons. The van der Waals surface area contributed by atoms with E-state index in [-0.39, 0.29) is 16.8 Å². The summed E-state index contributed by atoms with van der Waals surface area (Å²) >= 11 is 11.9. The van der Waals surface area contributed by atoms with Crippen molar-refractivity contribution in [1.82, 2.24) is 14.8 Å². The van der Waals surface area contributed by atoms with E-state index in [2.05, 4.69) is 15.4 Å². The normalized spacial score (nSPS) is 10.4. The molecule has 0 aromatic carbocycles. The fourth-order valence-electron chi connectivity index (χ4n) is 1.54. The number of carbonyl (C=O) groups is 1. The molecule has 1 N–H and O–H groups in total. The zero-order valence-corrected chi connectivity index (χ0v) is 11.2. The lowest BCUT2D eigenvalue weighted by atomic mass is 10.3. The van der Waals surface area contributed by atoms with Gasteiger partial charge in [0.2, 0.25) is 0 Å². The highest BCUT2D eigenvalue weighted by Crippen LogP contribution is 2.22. The second kappa shape index (κ2) is 4.96. The van der Waals surface area contributed by atoms with Gasteiger partial charge in [0.15, 0.2) is 5.15 Å². The molecule has 2 heterocycles. The Kier molecular flexibility index (Phi) is 3.54. The maximum Gasteiger partial charge on any atom is 0.275 e. The van der Waals surface area contributed by atoms with Gasteiger partial charge in [-0.1, -0.05) is 23.2 Å². The number of pyridine rings is 1. The van der Waals surface area contributed by atoms with Crippen molar-refractivity contribution in [2.24, 2.45) is 7.05 Å². The van der Waals surface area contributed by atoms with E-state index in [1.807, 2.05) is 0 Å². The summed E-state index contributed by atoms with van der Waals surface area (Å²) in [4.78, 5) is 15.9. The molecule has 0 spiro atoms. The third-order valence-corrected chi connectivity index (χ3v) is 3.13. The third kappa shape index (κ3) is 2.32. The molecule has 1 amide bonds. The van der Waals surface area contributed by atoms with Crippen LogP contribution in [0.4, 0.5) is 5.69 Å². The van der Waals surface area contributed by atoms with Crippen LogP contribution in [0, 0.1) is 6.92 Å². The molecule has 0 aliphatic heterocycles. The van der Waals surface area contributed by atoms with Crippen molar-refractivity contribution in [3.8, 4) is 0 Å². The van der Waals surface area contributed by atoms with Gasteiger partial charge < -0.3 is 5.32 Å².